The van der Waals surface area contributed by atoms with Gasteiger partial charge in [0.1, 0.15) is 0 Å². The van der Waals surface area contributed by atoms with Gasteiger partial charge in [0.2, 0.25) is 0 Å². The first-order valence-electron chi connectivity index (χ1n) is 8.14. The van der Waals surface area contributed by atoms with Crippen molar-refractivity contribution in [1.82, 2.24) is 0 Å². The number of methoxy groups -OCH3 is 1. The molecule has 0 bridgehead atoms. The molecule has 2 aromatic rings. The Hall–Kier alpha value is -2.99. The Morgan fingerprint density at radius 1 is 1.04 bits per heavy atom. The fourth-order valence-corrected chi connectivity index (χ4v) is 2.42. The normalized spacial score (nSPS) is 13.0. The largest absolute Gasteiger partial charge is 0.477 e. The number of carbonyl (C=O) groups is 1. The number of benzene rings is 2. The summed E-state index contributed by atoms with van der Waals surface area (Å²) in [4.78, 5) is 11.4. The molecule has 3 nitrogen and oxygen atoms in total. The molecule has 0 aliphatic rings. The number of esters is 1. The molecule has 2 rings (SSSR count). The van der Waals surface area contributed by atoms with Crippen LogP contribution >= 0.6 is 0 Å². The molecule has 0 saturated carbocycles. The fourth-order valence-electron chi connectivity index (χ4n) is 2.42. The predicted molar refractivity (Wildman–Crippen MR) is 98.5 cm³/mol. The number of hydrogen-bond acceptors (Lipinski definition) is 3. The number of rotatable bonds is 5. The molecule has 0 aliphatic heterocycles. The molecule has 0 aliphatic carbocycles. The van der Waals surface area contributed by atoms with E-state index in [1.165, 1.54) is 19.4 Å². The van der Waals surface area contributed by atoms with Crippen molar-refractivity contribution in [2.45, 2.75) is 19.4 Å². The molecule has 0 aromatic heterocycles. The molecule has 0 heterocycles. The molecule has 0 spiro atoms. The summed E-state index contributed by atoms with van der Waals surface area (Å²) in [7, 11) is 1.33. The summed E-state index contributed by atoms with van der Waals surface area (Å²) in [5.74, 6) is 6.05. The van der Waals surface area contributed by atoms with Crippen LogP contribution in [0.4, 0.5) is 0 Å². The summed E-state index contributed by atoms with van der Waals surface area (Å²) in [5.41, 5.74) is 0.966. The van der Waals surface area contributed by atoms with Crippen molar-refractivity contribution in [3.05, 3.63) is 84.1 Å². The fraction of sp³-hybridized carbons (Fsp3) is 0.227. The first-order valence-corrected chi connectivity index (χ1v) is 8.14. The minimum atomic E-state index is -0.873. The van der Waals surface area contributed by atoms with E-state index >= 15 is 0 Å². The topological polar surface area (TPSA) is 35.5 Å². The second-order valence-electron chi connectivity index (χ2n) is 5.82. The first-order chi connectivity index (χ1) is 12.1. The van der Waals surface area contributed by atoms with Gasteiger partial charge in [-0.1, -0.05) is 68.3 Å². The van der Waals surface area contributed by atoms with Crippen molar-refractivity contribution < 1.29 is 14.3 Å². The van der Waals surface area contributed by atoms with Crippen LogP contribution in [0, 0.1) is 17.8 Å². The maximum absolute atomic E-state index is 11.4. The van der Waals surface area contributed by atoms with Crippen LogP contribution in [0.1, 0.15) is 25.0 Å². The van der Waals surface area contributed by atoms with Crippen molar-refractivity contribution in [3.8, 4) is 11.8 Å². The average Bonchev–Trinajstić information content (AvgIpc) is 2.65. The van der Waals surface area contributed by atoms with Crippen LogP contribution in [0.2, 0.25) is 0 Å². The Morgan fingerprint density at radius 2 is 1.64 bits per heavy atom. The third kappa shape index (κ3) is 4.74. The molecule has 2 aromatic carbocycles. The Kier molecular flexibility index (Phi) is 6.42. The standard InChI is InChI=1S/C22H22O3/c1-18(2)22(20-12-8-5-9-13-20,25-17-15-21(23)24-3)16-14-19-10-6-4-7-11-19/h4-13,15,17-18H,1-3H3/b17-15+. The molecule has 128 valence electrons. The molecule has 0 saturated heterocycles. The zero-order chi connectivity index (χ0) is 18.1. The van der Waals surface area contributed by atoms with Gasteiger partial charge in [-0.2, -0.15) is 0 Å². The molecule has 1 unspecified atom stereocenters. The molecule has 0 radical (unpaired) electrons. The molecule has 0 fully saturated rings. The van der Waals surface area contributed by atoms with Gasteiger partial charge in [-0.05, 0) is 18.1 Å². The van der Waals surface area contributed by atoms with Crippen molar-refractivity contribution in [2.75, 3.05) is 7.11 Å². The summed E-state index contributed by atoms with van der Waals surface area (Å²) in [6, 6.07) is 19.5. The van der Waals surface area contributed by atoms with Crippen LogP contribution in [0.3, 0.4) is 0 Å². The van der Waals surface area contributed by atoms with E-state index in [-0.39, 0.29) is 5.92 Å². The van der Waals surface area contributed by atoms with Gasteiger partial charge in [-0.15, -0.1) is 0 Å². The molecule has 0 N–H and O–H groups in total. The number of hydrogen-bond donors (Lipinski definition) is 0. The zero-order valence-corrected chi connectivity index (χ0v) is 14.7. The lowest BCUT2D eigenvalue weighted by molar-refractivity contribution is -0.135. The highest BCUT2D eigenvalue weighted by Gasteiger charge is 2.35. The van der Waals surface area contributed by atoms with Gasteiger partial charge in [-0.25, -0.2) is 4.79 Å². The predicted octanol–water partition coefficient (Wildman–Crippen LogP) is 4.29. The SMILES string of the molecule is COC(=O)/C=C/OC(C#Cc1ccccc1)(c1ccccc1)C(C)C. The minimum Gasteiger partial charge on any atom is -0.477 e. The highest BCUT2D eigenvalue weighted by Crippen LogP contribution is 2.33. The first kappa shape index (κ1) is 18.4. The Morgan fingerprint density at radius 3 is 2.20 bits per heavy atom. The summed E-state index contributed by atoms with van der Waals surface area (Å²) < 4.78 is 10.6. The second kappa shape index (κ2) is 8.75. The van der Waals surface area contributed by atoms with E-state index in [0.29, 0.717) is 0 Å². The maximum atomic E-state index is 11.4. The van der Waals surface area contributed by atoms with Crippen molar-refractivity contribution in [2.24, 2.45) is 5.92 Å². The lowest BCUT2D eigenvalue weighted by atomic mass is 9.83. The van der Waals surface area contributed by atoms with E-state index in [9.17, 15) is 4.79 Å². The third-order valence-electron chi connectivity index (χ3n) is 3.84. The van der Waals surface area contributed by atoms with Gasteiger partial charge in [-0.3, -0.25) is 0 Å². The van der Waals surface area contributed by atoms with E-state index in [0.717, 1.165) is 11.1 Å². The van der Waals surface area contributed by atoms with Gasteiger partial charge in [0.05, 0.1) is 19.4 Å². The van der Waals surface area contributed by atoms with E-state index in [4.69, 9.17) is 4.74 Å². The Labute approximate surface area is 149 Å². The van der Waals surface area contributed by atoms with Crippen molar-refractivity contribution in [3.63, 3.8) is 0 Å². The lowest BCUT2D eigenvalue weighted by Crippen LogP contribution is -2.32. The summed E-state index contributed by atoms with van der Waals surface area (Å²) >= 11 is 0. The van der Waals surface area contributed by atoms with Crippen LogP contribution < -0.4 is 0 Å². The number of carbonyl (C=O) groups excluding carboxylic acids is 1. The highest BCUT2D eigenvalue weighted by atomic mass is 16.5. The Bertz CT molecular complexity index is 767. The minimum absolute atomic E-state index is 0.0495. The van der Waals surface area contributed by atoms with Gasteiger partial charge in [0.15, 0.2) is 5.60 Å². The number of ether oxygens (including phenoxy) is 2. The van der Waals surface area contributed by atoms with Crippen LogP contribution in [0.5, 0.6) is 0 Å². The quantitative estimate of drug-likeness (QED) is 0.354. The van der Waals surface area contributed by atoms with E-state index in [2.05, 4.69) is 16.6 Å². The molecular weight excluding hydrogens is 312 g/mol. The van der Waals surface area contributed by atoms with Crippen LogP contribution in [-0.4, -0.2) is 13.1 Å². The van der Waals surface area contributed by atoms with Crippen LogP contribution in [-0.2, 0) is 19.9 Å². The van der Waals surface area contributed by atoms with Gasteiger partial charge in [0.25, 0.3) is 0 Å². The van der Waals surface area contributed by atoms with E-state index < -0.39 is 11.6 Å². The summed E-state index contributed by atoms with van der Waals surface area (Å²) in [6.07, 6.45) is 2.61. The average molecular weight is 334 g/mol. The van der Waals surface area contributed by atoms with Crippen molar-refractivity contribution >= 4 is 5.97 Å². The third-order valence-corrected chi connectivity index (χ3v) is 3.84. The summed E-state index contributed by atoms with van der Waals surface area (Å²) in [6.45, 7) is 4.08. The Balaban J connectivity index is 2.47. The molecule has 3 heteroatoms. The second-order valence-corrected chi connectivity index (χ2v) is 5.82. The van der Waals surface area contributed by atoms with Crippen LogP contribution in [0.15, 0.2) is 73.0 Å². The molecular formula is C22H22O3. The van der Waals surface area contributed by atoms with Gasteiger partial charge >= 0.3 is 5.97 Å². The highest BCUT2D eigenvalue weighted by molar-refractivity contribution is 5.81. The smallest absolute Gasteiger partial charge is 0.333 e. The zero-order valence-electron chi connectivity index (χ0n) is 14.7. The van der Waals surface area contributed by atoms with Crippen molar-refractivity contribution in [1.29, 1.82) is 0 Å². The summed E-state index contributed by atoms with van der Waals surface area (Å²) in [5, 5.41) is 0. The monoisotopic (exact) mass is 334 g/mol. The van der Waals surface area contributed by atoms with Crippen LogP contribution in [0.25, 0.3) is 0 Å². The van der Waals surface area contributed by atoms with E-state index in [1.54, 1.807) is 0 Å². The molecule has 25 heavy (non-hydrogen) atoms. The van der Waals surface area contributed by atoms with E-state index in [1.807, 2.05) is 74.5 Å². The molecule has 1 atom stereocenters. The lowest BCUT2D eigenvalue weighted by Gasteiger charge is -2.32. The molecule has 0 amide bonds. The van der Waals surface area contributed by atoms with Gasteiger partial charge < -0.3 is 9.47 Å². The maximum Gasteiger partial charge on any atom is 0.333 e. The van der Waals surface area contributed by atoms with Gasteiger partial charge in [0, 0.05) is 17.0 Å².